The van der Waals surface area contributed by atoms with Gasteiger partial charge in [-0.1, -0.05) is 12.8 Å². The molecule has 3 atom stereocenters. The Labute approximate surface area is 126 Å². The molecule has 2 aliphatic rings. The van der Waals surface area contributed by atoms with Crippen molar-refractivity contribution in [3.63, 3.8) is 0 Å². The molecule has 120 valence electrons. The summed E-state index contributed by atoms with van der Waals surface area (Å²) >= 11 is 0. The minimum absolute atomic E-state index is 0.0388. The highest BCUT2D eigenvalue weighted by atomic mass is 16.5. The van der Waals surface area contributed by atoms with Gasteiger partial charge in [-0.2, -0.15) is 0 Å². The van der Waals surface area contributed by atoms with Gasteiger partial charge in [0.05, 0.1) is 13.2 Å². The molecule has 3 N–H and O–H groups in total. The van der Waals surface area contributed by atoms with Crippen LogP contribution in [0.1, 0.15) is 39.0 Å². The van der Waals surface area contributed by atoms with E-state index in [1.165, 1.54) is 0 Å². The van der Waals surface area contributed by atoms with E-state index in [4.69, 9.17) is 10.5 Å². The molecule has 0 radical (unpaired) electrons. The van der Waals surface area contributed by atoms with E-state index in [2.05, 4.69) is 5.32 Å². The maximum absolute atomic E-state index is 12.6. The maximum Gasteiger partial charge on any atom is 0.245 e. The van der Waals surface area contributed by atoms with Crippen LogP contribution in [0.5, 0.6) is 0 Å². The molecule has 1 aliphatic heterocycles. The van der Waals surface area contributed by atoms with E-state index in [1.54, 1.807) is 4.90 Å². The van der Waals surface area contributed by atoms with E-state index in [9.17, 15) is 9.59 Å². The lowest BCUT2D eigenvalue weighted by atomic mass is 9.82. The summed E-state index contributed by atoms with van der Waals surface area (Å²) < 4.78 is 5.36. The highest BCUT2D eigenvalue weighted by Crippen LogP contribution is 2.26. The molecule has 0 aromatic rings. The lowest BCUT2D eigenvalue weighted by Gasteiger charge is -2.36. The predicted molar refractivity (Wildman–Crippen MR) is 79.6 cm³/mol. The zero-order valence-electron chi connectivity index (χ0n) is 12.8. The molecule has 6 heteroatoms. The summed E-state index contributed by atoms with van der Waals surface area (Å²) in [4.78, 5) is 26.3. The van der Waals surface area contributed by atoms with Gasteiger partial charge in [-0.25, -0.2) is 0 Å². The van der Waals surface area contributed by atoms with Gasteiger partial charge in [-0.3, -0.25) is 9.59 Å². The van der Waals surface area contributed by atoms with Crippen LogP contribution in [0.25, 0.3) is 0 Å². The number of amides is 2. The lowest BCUT2D eigenvalue weighted by Crippen LogP contribution is -2.56. The number of rotatable bonds is 4. The molecule has 1 saturated carbocycles. The van der Waals surface area contributed by atoms with Gasteiger partial charge in [0.2, 0.25) is 11.8 Å². The van der Waals surface area contributed by atoms with Gasteiger partial charge >= 0.3 is 0 Å². The van der Waals surface area contributed by atoms with Crippen molar-refractivity contribution in [3.8, 4) is 0 Å². The first-order valence-corrected chi connectivity index (χ1v) is 8.04. The summed E-state index contributed by atoms with van der Waals surface area (Å²) in [5.41, 5.74) is 6.12. The second-order valence-corrected chi connectivity index (χ2v) is 5.98. The molecular weight excluding hydrogens is 270 g/mol. The van der Waals surface area contributed by atoms with Gasteiger partial charge in [0.25, 0.3) is 0 Å². The number of morpholine rings is 1. The lowest BCUT2D eigenvalue weighted by molar-refractivity contribution is -0.149. The summed E-state index contributed by atoms with van der Waals surface area (Å²) in [6.07, 6.45) is 4.78. The molecule has 0 bridgehead atoms. The Morgan fingerprint density at radius 3 is 2.81 bits per heavy atom. The molecule has 0 aromatic carbocycles. The summed E-state index contributed by atoms with van der Waals surface area (Å²) in [6, 6.07) is -0.377. The van der Waals surface area contributed by atoms with Crippen molar-refractivity contribution in [2.45, 2.75) is 51.1 Å². The maximum atomic E-state index is 12.6. The van der Waals surface area contributed by atoms with Crippen LogP contribution >= 0.6 is 0 Å². The van der Waals surface area contributed by atoms with E-state index in [-0.39, 0.29) is 30.4 Å². The predicted octanol–water partition coefficient (Wildman–Crippen LogP) is 0.258. The van der Waals surface area contributed by atoms with Crippen LogP contribution < -0.4 is 11.1 Å². The van der Waals surface area contributed by atoms with E-state index < -0.39 is 6.04 Å². The first-order chi connectivity index (χ1) is 10.1. The van der Waals surface area contributed by atoms with Gasteiger partial charge in [-0.05, 0) is 25.7 Å². The zero-order valence-corrected chi connectivity index (χ0v) is 12.8. The van der Waals surface area contributed by atoms with Crippen LogP contribution in [0.15, 0.2) is 0 Å². The number of carbonyl (C=O) groups excluding carboxylic acids is 2. The molecule has 21 heavy (non-hydrogen) atoms. The quantitative estimate of drug-likeness (QED) is 0.779. The highest BCUT2D eigenvalue weighted by molar-refractivity contribution is 5.88. The number of nitrogens with two attached hydrogens (primary N) is 1. The van der Waals surface area contributed by atoms with Crippen molar-refractivity contribution in [1.82, 2.24) is 10.2 Å². The SMILES string of the molecule is CCNC(=O)C1COCCN1C(=O)CC1CCCCC1N. The van der Waals surface area contributed by atoms with Crippen molar-refractivity contribution in [2.24, 2.45) is 11.7 Å². The Morgan fingerprint density at radius 2 is 2.10 bits per heavy atom. The number of nitrogens with one attached hydrogen (secondary N) is 1. The second-order valence-electron chi connectivity index (χ2n) is 5.98. The van der Waals surface area contributed by atoms with Crippen molar-refractivity contribution in [3.05, 3.63) is 0 Å². The van der Waals surface area contributed by atoms with Gasteiger partial charge < -0.3 is 20.7 Å². The fourth-order valence-corrected chi connectivity index (χ4v) is 3.24. The first kappa shape index (κ1) is 16.2. The van der Waals surface area contributed by atoms with E-state index in [0.717, 1.165) is 25.7 Å². The third kappa shape index (κ3) is 4.17. The van der Waals surface area contributed by atoms with Gasteiger partial charge in [0.1, 0.15) is 6.04 Å². The molecule has 0 aromatic heterocycles. The van der Waals surface area contributed by atoms with Gasteiger partial charge in [-0.15, -0.1) is 0 Å². The molecule has 6 nitrogen and oxygen atoms in total. The summed E-state index contributed by atoms with van der Waals surface area (Å²) in [5.74, 6) is 0.166. The van der Waals surface area contributed by atoms with Crippen molar-refractivity contribution >= 4 is 11.8 Å². The first-order valence-electron chi connectivity index (χ1n) is 8.04. The molecular formula is C15H27N3O3. The molecule has 1 aliphatic carbocycles. The molecule has 2 amide bonds. The fourth-order valence-electron chi connectivity index (χ4n) is 3.24. The Bertz CT molecular complexity index is 375. The molecule has 1 saturated heterocycles. The number of ether oxygens (including phenoxy) is 1. The van der Waals surface area contributed by atoms with Gasteiger partial charge in [0.15, 0.2) is 0 Å². The zero-order chi connectivity index (χ0) is 15.2. The van der Waals surface area contributed by atoms with E-state index >= 15 is 0 Å². The third-order valence-electron chi connectivity index (χ3n) is 4.51. The van der Waals surface area contributed by atoms with E-state index in [1.807, 2.05) is 6.92 Å². The van der Waals surface area contributed by atoms with E-state index in [0.29, 0.717) is 26.1 Å². The second kappa shape index (κ2) is 7.75. The summed E-state index contributed by atoms with van der Waals surface area (Å²) in [6.45, 7) is 3.70. The number of hydrogen-bond acceptors (Lipinski definition) is 4. The monoisotopic (exact) mass is 297 g/mol. The molecule has 2 rings (SSSR count). The molecule has 2 fully saturated rings. The van der Waals surface area contributed by atoms with Gasteiger partial charge in [0, 0.05) is 25.6 Å². The number of likely N-dealkylation sites (N-methyl/N-ethyl adjacent to an activating group) is 1. The number of hydrogen-bond donors (Lipinski definition) is 2. The Kier molecular flexibility index (Phi) is 5.99. The summed E-state index contributed by atoms with van der Waals surface area (Å²) in [7, 11) is 0. The normalized spacial score (nSPS) is 30.0. The standard InChI is InChI=1S/C15H27N3O3/c1-2-17-15(20)13-10-21-8-7-18(13)14(19)9-11-5-3-4-6-12(11)16/h11-13H,2-10,16H2,1H3,(H,17,20). The van der Waals surface area contributed by atoms with Crippen molar-refractivity contribution < 1.29 is 14.3 Å². The number of carbonyl (C=O) groups is 2. The Morgan fingerprint density at radius 1 is 1.33 bits per heavy atom. The van der Waals surface area contributed by atoms with Crippen LogP contribution in [0, 0.1) is 5.92 Å². The topological polar surface area (TPSA) is 84.7 Å². The highest BCUT2D eigenvalue weighted by Gasteiger charge is 2.34. The fraction of sp³-hybridized carbons (Fsp3) is 0.867. The average Bonchev–Trinajstić information content (AvgIpc) is 2.50. The molecule has 0 spiro atoms. The largest absolute Gasteiger partial charge is 0.377 e. The minimum Gasteiger partial charge on any atom is -0.377 e. The third-order valence-corrected chi connectivity index (χ3v) is 4.51. The van der Waals surface area contributed by atoms with Crippen LogP contribution in [0.2, 0.25) is 0 Å². The van der Waals surface area contributed by atoms with Crippen LogP contribution in [-0.4, -0.2) is 55.1 Å². The van der Waals surface area contributed by atoms with Crippen molar-refractivity contribution in [1.29, 1.82) is 0 Å². The Hall–Kier alpha value is -1.14. The van der Waals surface area contributed by atoms with Crippen LogP contribution in [-0.2, 0) is 14.3 Å². The summed E-state index contributed by atoms with van der Waals surface area (Å²) in [5, 5.41) is 2.77. The average molecular weight is 297 g/mol. The smallest absolute Gasteiger partial charge is 0.245 e. The molecule has 1 heterocycles. The van der Waals surface area contributed by atoms with Crippen LogP contribution in [0.3, 0.4) is 0 Å². The van der Waals surface area contributed by atoms with Crippen LogP contribution in [0.4, 0.5) is 0 Å². The Balaban J connectivity index is 1.96. The molecule has 3 unspecified atom stereocenters. The number of nitrogens with zero attached hydrogens (tertiary/aromatic N) is 1. The van der Waals surface area contributed by atoms with Crippen molar-refractivity contribution in [2.75, 3.05) is 26.3 Å². The minimum atomic E-state index is -0.494.